The zero-order valence-corrected chi connectivity index (χ0v) is 11.0. The van der Waals surface area contributed by atoms with Crippen molar-refractivity contribution in [2.75, 3.05) is 13.1 Å². The van der Waals surface area contributed by atoms with E-state index in [9.17, 15) is 0 Å². The molecule has 17 heavy (non-hydrogen) atoms. The van der Waals surface area contributed by atoms with E-state index < -0.39 is 0 Å². The van der Waals surface area contributed by atoms with Crippen molar-refractivity contribution in [1.82, 2.24) is 14.5 Å². The summed E-state index contributed by atoms with van der Waals surface area (Å²) in [6.07, 6.45) is 8.74. The molecule has 0 bridgehead atoms. The number of fused-ring (bicyclic) bond motifs is 1. The normalized spacial score (nSPS) is 29.5. The van der Waals surface area contributed by atoms with Crippen molar-refractivity contribution >= 4 is 0 Å². The van der Waals surface area contributed by atoms with E-state index >= 15 is 0 Å². The molecule has 0 aromatic carbocycles. The van der Waals surface area contributed by atoms with Gasteiger partial charge in [0.05, 0.1) is 11.7 Å². The fourth-order valence-electron chi connectivity index (χ4n) is 3.41. The summed E-state index contributed by atoms with van der Waals surface area (Å²) in [4.78, 5) is 7.47. The van der Waals surface area contributed by atoms with Crippen molar-refractivity contribution in [3.8, 4) is 0 Å². The highest BCUT2D eigenvalue weighted by Gasteiger charge is 2.28. The predicted molar refractivity (Wildman–Crippen MR) is 69.1 cm³/mol. The molecule has 2 aliphatic rings. The van der Waals surface area contributed by atoms with Crippen LogP contribution in [0.3, 0.4) is 0 Å². The van der Waals surface area contributed by atoms with Crippen molar-refractivity contribution in [2.45, 2.75) is 58.0 Å². The first kappa shape index (κ1) is 11.3. The van der Waals surface area contributed by atoms with Gasteiger partial charge in [-0.05, 0) is 45.7 Å². The number of rotatable bonds is 2. The summed E-state index contributed by atoms with van der Waals surface area (Å²) < 4.78 is 2.42. The minimum absolute atomic E-state index is 0.588. The average molecular weight is 233 g/mol. The quantitative estimate of drug-likeness (QED) is 0.783. The standard InChI is InChI=1S/C14H23N3/c1-3-16-9-5-7-13(16)12-10-17-11(2)6-4-8-14(17)15-12/h10-11,13H,3-9H2,1-2H3. The summed E-state index contributed by atoms with van der Waals surface area (Å²) in [5.41, 5.74) is 1.33. The molecule has 1 fully saturated rings. The summed E-state index contributed by atoms with van der Waals surface area (Å²) in [6.45, 7) is 6.98. The first-order valence-corrected chi connectivity index (χ1v) is 7.11. The molecule has 1 aromatic rings. The number of aryl methyl sites for hydroxylation is 1. The number of aromatic nitrogens is 2. The summed E-state index contributed by atoms with van der Waals surface area (Å²) in [5.74, 6) is 1.32. The molecular weight excluding hydrogens is 210 g/mol. The highest BCUT2D eigenvalue weighted by atomic mass is 15.2. The fraction of sp³-hybridized carbons (Fsp3) is 0.786. The maximum atomic E-state index is 4.90. The Morgan fingerprint density at radius 2 is 2.24 bits per heavy atom. The third-order valence-corrected chi connectivity index (χ3v) is 4.44. The third-order valence-electron chi connectivity index (χ3n) is 4.44. The maximum absolute atomic E-state index is 4.90. The first-order chi connectivity index (χ1) is 8.29. The maximum Gasteiger partial charge on any atom is 0.109 e. The molecule has 0 amide bonds. The third kappa shape index (κ3) is 1.90. The van der Waals surface area contributed by atoms with Crippen molar-refractivity contribution in [2.24, 2.45) is 0 Å². The molecule has 2 atom stereocenters. The van der Waals surface area contributed by atoms with Crippen LogP contribution in [0, 0.1) is 0 Å². The van der Waals surface area contributed by atoms with Crippen LogP contribution in [-0.4, -0.2) is 27.5 Å². The van der Waals surface area contributed by atoms with Crippen molar-refractivity contribution < 1.29 is 0 Å². The van der Waals surface area contributed by atoms with E-state index in [-0.39, 0.29) is 0 Å². The van der Waals surface area contributed by atoms with Crippen LogP contribution in [0.4, 0.5) is 0 Å². The van der Waals surface area contributed by atoms with Gasteiger partial charge in [-0.2, -0.15) is 0 Å². The number of imidazole rings is 1. The van der Waals surface area contributed by atoms with E-state index in [2.05, 4.69) is 29.5 Å². The summed E-state index contributed by atoms with van der Waals surface area (Å²) >= 11 is 0. The van der Waals surface area contributed by atoms with Crippen molar-refractivity contribution in [1.29, 1.82) is 0 Å². The second kappa shape index (κ2) is 4.45. The zero-order valence-electron chi connectivity index (χ0n) is 11.0. The van der Waals surface area contributed by atoms with Gasteiger partial charge in [0, 0.05) is 18.7 Å². The van der Waals surface area contributed by atoms with Gasteiger partial charge in [0.25, 0.3) is 0 Å². The van der Waals surface area contributed by atoms with Crippen molar-refractivity contribution in [3.63, 3.8) is 0 Å². The first-order valence-electron chi connectivity index (χ1n) is 7.11. The Morgan fingerprint density at radius 1 is 1.35 bits per heavy atom. The average Bonchev–Trinajstić information content (AvgIpc) is 2.94. The van der Waals surface area contributed by atoms with Crippen LogP contribution in [0.2, 0.25) is 0 Å². The second-order valence-corrected chi connectivity index (χ2v) is 5.52. The Bertz CT molecular complexity index is 396. The van der Waals surface area contributed by atoms with E-state index in [0.717, 1.165) is 6.54 Å². The monoisotopic (exact) mass is 233 g/mol. The van der Waals surface area contributed by atoms with Gasteiger partial charge in [-0.3, -0.25) is 4.90 Å². The van der Waals surface area contributed by atoms with Crippen LogP contribution >= 0.6 is 0 Å². The van der Waals surface area contributed by atoms with Gasteiger partial charge in [-0.15, -0.1) is 0 Å². The Hall–Kier alpha value is -0.830. The molecule has 1 aromatic heterocycles. The molecule has 0 radical (unpaired) electrons. The number of nitrogens with zero attached hydrogens (tertiary/aromatic N) is 3. The highest BCUT2D eigenvalue weighted by Crippen LogP contribution is 2.33. The minimum atomic E-state index is 0.588. The molecule has 94 valence electrons. The molecule has 0 aliphatic carbocycles. The highest BCUT2D eigenvalue weighted by molar-refractivity contribution is 5.13. The van der Waals surface area contributed by atoms with E-state index in [0.29, 0.717) is 12.1 Å². The predicted octanol–water partition coefficient (Wildman–Crippen LogP) is 2.94. The lowest BCUT2D eigenvalue weighted by atomic mass is 10.1. The fourth-order valence-corrected chi connectivity index (χ4v) is 3.41. The van der Waals surface area contributed by atoms with Crippen LogP contribution in [0.25, 0.3) is 0 Å². The van der Waals surface area contributed by atoms with Gasteiger partial charge in [0.15, 0.2) is 0 Å². The Morgan fingerprint density at radius 3 is 3.00 bits per heavy atom. The van der Waals surface area contributed by atoms with Gasteiger partial charge < -0.3 is 4.57 Å². The molecule has 3 heteroatoms. The zero-order chi connectivity index (χ0) is 11.8. The number of likely N-dealkylation sites (tertiary alicyclic amines) is 1. The topological polar surface area (TPSA) is 21.1 Å². The molecule has 3 heterocycles. The van der Waals surface area contributed by atoms with E-state index in [1.165, 1.54) is 50.2 Å². The lowest BCUT2D eigenvalue weighted by molar-refractivity contribution is 0.267. The van der Waals surface area contributed by atoms with Crippen LogP contribution in [-0.2, 0) is 6.42 Å². The van der Waals surface area contributed by atoms with Gasteiger partial charge in [0.1, 0.15) is 5.82 Å². The van der Waals surface area contributed by atoms with Gasteiger partial charge in [-0.25, -0.2) is 4.98 Å². The lowest BCUT2D eigenvalue weighted by Gasteiger charge is -2.21. The lowest BCUT2D eigenvalue weighted by Crippen LogP contribution is -2.22. The van der Waals surface area contributed by atoms with Crippen molar-refractivity contribution in [3.05, 3.63) is 17.7 Å². The SMILES string of the molecule is CCN1CCCC1c1cn2c(n1)CCCC2C. The largest absolute Gasteiger partial charge is 0.332 e. The van der Waals surface area contributed by atoms with E-state index in [4.69, 9.17) is 4.98 Å². The summed E-state index contributed by atoms with van der Waals surface area (Å²) in [6, 6.07) is 1.24. The summed E-state index contributed by atoms with van der Waals surface area (Å²) in [5, 5.41) is 0. The Kier molecular flexibility index (Phi) is 2.95. The molecule has 0 spiro atoms. The number of hydrogen-bond donors (Lipinski definition) is 0. The Balaban J connectivity index is 1.89. The number of hydrogen-bond acceptors (Lipinski definition) is 2. The van der Waals surface area contributed by atoms with Gasteiger partial charge in [-0.1, -0.05) is 6.92 Å². The molecule has 2 aliphatic heterocycles. The van der Waals surface area contributed by atoms with Gasteiger partial charge >= 0.3 is 0 Å². The molecule has 3 nitrogen and oxygen atoms in total. The minimum Gasteiger partial charge on any atom is -0.332 e. The molecule has 0 saturated carbocycles. The Labute approximate surface area is 104 Å². The second-order valence-electron chi connectivity index (χ2n) is 5.52. The molecule has 1 saturated heterocycles. The smallest absolute Gasteiger partial charge is 0.109 e. The summed E-state index contributed by atoms with van der Waals surface area (Å²) in [7, 11) is 0. The van der Waals surface area contributed by atoms with Crippen LogP contribution < -0.4 is 0 Å². The van der Waals surface area contributed by atoms with E-state index in [1.54, 1.807) is 0 Å². The van der Waals surface area contributed by atoms with Crippen LogP contribution in [0.5, 0.6) is 0 Å². The molecule has 0 N–H and O–H groups in total. The van der Waals surface area contributed by atoms with E-state index in [1.807, 2.05) is 0 Å². The molecular formula is C14H23N3. The molecule has 2 unspecified atom stereocenters. The van der Waals surface area contributed by atoms with Crippen LogP contribution in [0.1, 0.15) is 63.1 Å². The van der Waals surface area contributed by atoms with Gasteiger partial charge in [0.2, 0.25) is 0 Å². The van der Waals surface area contributed by atoms with Crippen LogP contribution in [0.15, 0.2) is 6.20 Å². The molecule has 3 rings (SSSR count).